The number of rotatable bonds is 4. The predicted octanol–water partition coefficient (Wildman–Crippen LogP) is 1.79. The van der Waals surface area contributed by atoms with E-state index in [1.807, 2.05) is 18.2 Å². The summed E-state index contributed by atoms with van der Waals surface area (Å²) in [5.41, 5.74) is 7.36. The zero-order valence-corrected chi connectivity index (χ0v) is 9.86. The molecule has 0 saturated carbocycles. The minimum atomic E-state index is 0.0909. The Hall–Kier alpha value is -1.06. The number of hydrogen-bond acceptors (Lipinski definition) is 3. The van der Waals surface area contributed by atoms with Crippen molar-refractivity contribution in [3.63, 3.8) is 0 Å². The maximum atomic E-state index is 6.20. The van der Waals surface area contributed by atoms with Gasteiger partial charge in [0, 0.05) is 12.6 Å². The van der Waals surface area contributed by atoms with E-state index in [-0.39, 0.29) is 6.04 Å². The van der Waals surface area contributed by atoms with Crippen molar-refractivity contribution < 1.29 is 4.74 Å². The first-order valence-electron chi connectivity index (χ1n) is 5.91. The Labute approximate surface area is 97.2 Å². The van der Waals surface area contributed by atoms with Crippen LogP contribution in [0, 0.1) is 0 Å². The third-order valence-corrected chi connectivity index (χ3v) is 3.18. The normalized spacial score (nSPS) is 18.6. The molecule has 2 rings (SSSR count). The van der Waals surface area contributed by atoms with Crippen molar-refractivity contribution in [2.45, 2.75) is 18.9 Å². The maximum absolute atomic E-state index is 6.20. The molecule has 1 saturated heterocycles. The summed E-state index contributed by atoms with van der Waals surface area (Å²) in [6, 6.07) is 8.14. The van der Waals surface area contributed by atoms with Crippen LogP contribution < -0.4 is 10.5 Å². The second kappa shape index (κ2) is 5.32. The molecule has 0 aliphatic carbocycles. The molecule has 1 heterocycles. The molecule has 0 spiro atoms. The summed E-state index contributed by atoms with van der Waals surface area (Å²) in [6.07, 6.45) is 2.62. The molecule has 0 aromatic heterocycles. The first-order valence-corrected chi connectivity index (χ1v) is 5.91. The van der Waals surface area contributed by atoms with E-state index in [0.717, 1.165) is 17.9 Å². The summed E-state index contributed by atoms with van der Waals surface area (Å²) in [5, 5.41) is 0. The predicted molar refractivity (Wildman–Crippen MR) is 65.6 cm³/mol. The van der Waals surface area contributed by atoms with Gasteiger partial charge in [0.1, 0.15) is 5.75 Å². The van der Waals surface area contributed by atoms with E-state index in [1.54, 1.807) is 7.11 Å². The molecule has 1 fully saturated rings. The lowest BCUT2D eigenvalue weighted by Gasteiger charge is -2.20. The fourth-order valence-electron chi connectivity index (χ4n) is 2.22. The first kappa shape index (κ1) is 11.4. The number of nitrogens with zero attached hydrogens (tertiary/aromatic N) is 1. The Kier molecular flexibility index (Phi) is 3.80. The van der Waals surface area contributed by atoms with E-state index in [4.69, 9.17) is 10.5 Å². The maximum Gasteiger partial charge on any atom is 0.119 e. The third-order valence-electron chi connectivity index (χ3n) is 3.18. The highest BCUT2D eigenvalue weighted by Gasteiger charge is 2.16. The number of benzene rings is 1. The number of hydrogen-bond donors (Lipinski definition) is 1. The SMILES string of the molecule is COc1cccc(C(N)CN2CCCC2)c1. The highest BCUT2D eigenvalue weighted by atomic mass is 16.5. The zero-order valence-electron chi connectivity index (χ0n) is 9.86. The molecule has 0 bridgehead atoms. The monoisotopic (exact) mass is 220 g/mol. The molecule has 1 aliphatic rings. The van der Waals surface area contributed by atoms with Crippen LogP contribution >= 0.6 is 0 Å². The Balaban J connectivity index is 1.98. The number of nitrogens with two attached hydrogens (primary N) is 1. The molecule has 1 aromatic rings. The molecule has 3 nitrogen and oxygen atoms in total. The van der Waals surface area contributed by atoms with Gasteiger partial charge in [-0.15, -0.1) is 0 Å². The first-order chi connectivity index (χ1) is 7.79. The summed E-state index contributed by atoms with van der Waals surface area (Å²) in [4.78, 5) is 2.43. The molecular weight excluding hydrogens is 200 g/mol. The van der Waals surface area contributed by atoms with Gasteiger partial charge in [0.05, 0.1) is 7.11 Å². The number of ether oxygens (including phenoxy) is 1. The van der Waals surface area contributed by atoms with Gasteiger partial charge in [0.15, 0.2) is 0 Å². The smallest absolute Gasteiger partial charge is 0.119 e. The standard InChI is InChI=1S/C13H20N2O/c1-16-12-6-4-5-11(9-12)13(14)10-15-7-2-3-8-15/h4-6,9,13H,2-3,7-8,10,14H2,1H3. The highest BCUT2D eigenvalue weighted by Crippen LogP contribution is 2.19. The van der Waals surface area contributed by atoms with Crippen molar-refractivity contribution in [1.29, 1.82) is 0 Å². The van der Waals surface area contributed by atoms with Crippen LogP contribution in [0.1, 0.15) is 24.4 Å². The second-order valence-electron chi connectivity index (χ2n) is 4.39. The Bertz CT molecular complexity index is 334. The van der Waals surface area contributed by atoms with Crippen molar-refractivity contribution in [1.82, 2.24) is 4.90 Å². The van der Waals surface area contributed by atoms with Crippen LogP contribution in [-0.2, 0) is 0 Å². The lowest BCUT2D eigenvalue weighted by Crippen LogP contribution is -2.29. The number of methoxy groups -OCH3 is 1. The fourth-order valence-corrected chi connectivity index (χ4v) is 2.22. The average molecular weight is 220 g/mol. The van der Waals surface area contributed by atoms with E-state index in [2.05, 4.69) is 11.0 Å². The van der Waals surface area contributed by atoms with Gasteiger partial charge in [-0.2, -0.15) is 0 Å². The van der Waals surface area contributed by atoms with Crippen molar-refractivity contribution >= 4 is 0 Å². The van der Waals surface area contributed by atoms with Gasteiger partial charge in [-0.05, 0) is 43.6 Å². The molecule has 1 unspecified atom stereocenters. The van der Waals surface area contributed by atoms with Crippen molar-refractivity contribution in [2.75, 3.05) is 26.7 Å². The van der Waals surface area contributed by atoms with Crippen LogP contribution in [0.3, 0.4) is 0 Å². The van der Waals surface area contributed by atoms with Crippen LogP contribution in [0.25, 0.3) is 0 Å². The summed E-state index contributed by atoms with van der Waals surface area (Å²) < 4.78 is 5.21. The van der Waals surface area contributed by atoms with Crippen molar-refractivity contribution in [3.8, 4) is 5.75 Å². The van der Waals surface area contributed by atoms with Crippen LogP contribution in [0.2, 0.25) is 0 Å². The molecule has 3 heteroatoms. The average Bonchev–Trinajstić information content (AvgIpc) is 2.82. The molecule has 16 heavy (non-hydrogen) atoms. The van der Waals surface area contributed by atoms with Gasteiger partial charge in [0.25, 0.3) is 0 Å². The van der Waals surface area contributed by atoms with E-state index in [9.17, 15) is 0 Å². The minimum absolute atomic E-state index is 0.0909. The molecule has 88 valence electrons. The van der Waals surface area contributed by atoms with Crippen LogP contribution in [0.5, 0.6) is 5.75 Å². The van der Waals surface area contributed by atoms with Crippen LogP contribution in [0.15, 0.2) is 24.3 Å². The van der Waals surface area contributed by atoms with Gasteiger partial charge in [0.2, 0.25) is 0 Å². The van der Waals surface area contributed by atoms with Gasteiger partial charge >= 0.3 is 0 Å². The quantitative estimate of drug-likeness (QED) is 0.840. The topological polar surface area (TPSA) is 38.5 Å². The van der Waals surface area contributed by atoms with Gasteiger partial charge in [-0.3, -0.25) is 0 Å². The lowest BCUT2D eigenvalue weighted by atomic mass is 10.1. The van der Waals surface area contributed by atoms with E-state index < -0.39 is 0 Å². The molecule has 1 atom stereocenters. The van der Waals surface area contributed by atoms with E-state index >= 15 is 0 Å². The van der Waals surface area contributed by atoms with Gasteiger partial charge < -0.3 is 15.4 Å². The largest absolute Gasteiger partial charge is 0.497 e. The Morgan fingerprint density at radius 3 is 2.81 bits per heavy atom. The Morgan fingerprint density at radius 1 is 1.38 bits per heavy atom. The van der Waals surface area contributed by atoms with Crippen LogP contribution in [-0.4, -0.2) is 31.6 Å². The van der Waals surface area contributed by atoms with Crippen molar-refractivity contribution in [2.24, 2.45) is 5.73 Å². The Morgan fingerprint density at radius 2 is 2.12 bits per heavy atom. The third kappa shape index (κ3) is 2.74. The fraction of sp³-hybridized carbons (Fsp3) is 0.538. The molecule has 0 radical (unpaired) electrons. The molecule has 1 aliphatic heterocycles. The van der Waals surface area contributed by atoms with Gasteiger partial charge in [-0.25, -0.2) is 0 Å². The summed E-state index contributed by atoms with van der Waals surface area (Å²) in [5.74, 6) is 0.884. The molecule has 2 N–H and O–H groups in total. The highest BCUT2D eigenvalue weighted by molar-refractivity contribution is 5.30. The van der Waals surface area contributed by atoms with E-state index in [1.165, 1.54) is 25.9 Å². The molecular formula is C13H20N2O. The van der Waals surface area contributed by atoms with Crippen molar-refractivity contribution in [3.05, 3.63) is 29.8 Å². The second-order valence-corrected chi connectivity index (χ2v) is 4.39. The zero-order chi connectivity index (χ0) is 11.4. The van der Waals surface area contributed by atoms with Gasteiger partial charge in [-0.1, -0.05) is 12.1 Å². The molecule has 0 amide bonds. The number of likely N-dealkylation sites (tertiary alicyclic amines) is 1. The summed E-state index contributed by atoms with van der Waals surface area (Å²) in [6.45, 7) is 3.34. The minimum Gasteiger partial charge on any atom is -0.497 e. The van der Waals surface area contributed by atoms with E-state index in [0.29, 0.717) is 0 Å². The summed E-state index contributed by atoms with van der Waals surface area (Å²) >= 11 is 0. The lowest BCUT2D eigenvalue weighted by molar-refractivity contribution is 0.315. The van der Waals surface area contributed by atoms with Crippen LogP contribution in [0.4, 0.5) is 0 Å². The molecule has 1 aromatic carbocycles. The summed E-state index contributed by atoms with van der Waals surface area (Å²) in [7, 11) is 1.69.